The summed E-state index contributed by atoms with van der Waals surface area (Å²) in [5.74, 6) is 0.899. The molecule has 0 aliphatic carbocycles. The van der Waals surface area contributed by atoms with E-state index in [-0.39, 0.29) is 0 Å². The van der Waals surface area contributed by atoms with Crippen LogP contribution in [0.25, 0.3) is 0 Å². The Morgan fingerprint density at radius 3 is 2.00 bits per heavy atom. The second-order valence-corrected chi connectivity index (χ2v) is 8.43. The van der Waals surface area contributed by atoms with Crippen LogP contribution in [0.4, 0.5) is 0 Å². The Labute approximate surface area is 105 Å². The van der Waals surface area contributed by atoms with E-state index in [9.17, 15) is 0 Å². The summed E-state index contributed by atoms with van der Waals surface area (Å²) in [6.45, 7) is 11.9. The van der Waals surface area contributed by atoms with Gasteiger partial charge >= 0.3 is 0 Å². The normalized spacial score (nSPS) is 15.4. The molecule has 0 aromatic heterocycles. The summed E-state index contributed by atoms with van der Waals surface area (Å²) in [6, 6.07) is 0. The molecule has 1 heteroatoms. The molecular weight excluding hydrogens is 211 g/mol. The number of hydrogen-bond donors (Lipinski definition) is 0. The van der Waals surface area contributed by atoms with Crippen molar-refractivity contribution in [3.63, 3.8) is 0 Å². The van der Waals surface area contributed by atoms with Crippen LogP contribution >= 0.6 is 7.92 Å². The minimum atomic E-state index is 0.318. The van der Waals surface area contributed by atoms with Crippen molar-refractivity contribution >= 4 is 7.92 Å². The molecule has 0 amide bonds. The van der Waals surface area contributed by atoms with Crippen molar-refractivity contribution in [2.75, 3.05) is 12.3 Å². The molecule has 0 N–H and O–H groups in total. The fourth-order valence-corrected chi connectivity index (χ4v) is 5.20. The van der Waals surface area contributed by atoms with Crippen LogP contribution in [0.5, 0.6) is 0 Å². The number of unbranched alkanes of at least 4 members (excludes halogenated alkanes) is 4. The van der Waals surface area contributed by atoms with Gasteiger partial charge in [-0.15, -0.1) is 7.92 Å². The minimum absolute atomic E-state index is 0.318. The van der Waals surface area contributed by atoms with Crippen LogP contribution in [0.3, 0.4) is 0 Å². The first-order valence-electron chi connectivity index (χ1n) is 7.35. The highest BCUT2D eigenvalue weighted by atomic mass is 31.1. The zero-order valence-corrected chi connectivity index (χ0v) is 13.2. The zero-order chi connectivity index (χ0) is 12.4. The summed E-state index contributed by atoms with van der Waals surface area (Å²) in [5.41, 5.74) is 0.989. The molecule has 0 nitrogen and oxygen atoms in total. The van der Waals surface area contributed by atoms with Gasteiger partial charge in [0.25, 0.3) is 0 Å². The number of hydrogen-bond acceptors (Lipinski definition) is 0. The lowest BCUT2D eigenvalue weighted by Gasteiger charge is -2.25. The second kappa shape index (κ2) is 10.6. The molecule has 0 aliphatic rings. The average Bonchev–Trinajstić information content (AvgIpc) is 2.25. The lowest BCUT2D eigenvalue weighted by molar-refractivity contribution is 0.655. The van der Waals surface area contributed by atoms with Gasteiger partial charge in [0.05, 0.1) is 0 Å². The maximum absolute atomic E-state index is 2.47. The fourth-order valence-electron chi connectivity index (χ4n) is 2.14. The summed E-state index contributed by atoms with van der Waals surface area (Å²) in [5, 5.41) is 0. The largest absolute Gasteiger partial charge is 0.104 e. The van der Waals surface area contributed by atoms with E-state index in [1.54, 1.807) is 0 Å². The van der Waals surface area contributed by atoms with Gasteiger partial charge in [-0.25, -0.2) is 0 Å². The third kappa shape index (κ3) is 8.57. The molecule has 2 atom stereocenters. The predicted octanol–water partition coefficient (Wildman–Crippen LogP) is 5.89. The predicted molar refractivity (Wildman–Crippen MR) is 80.0 cm³/mol. The molecule has 0 aromatic carbocycles. The van der Waals surface area contributed by atoms with E-state index in [2.05, 4.69) is 34.6 Å². The third-order valence-electron chi connectivity index (χ3n) is 3.36. The summed E-state index contributed by atoms with van der Waals surface area (Å²) in [7, 11) is 0.318. The Morgan fingerprint density at radius 2 is 1.50 bits per heavy atom. The molecule has 0 aromatic rings. The summed E-state index contributed by atoms with van der Waals surface area (Å²) in [6.07, 6.45) is 11.6. The molecule has 2 unspecified atom stereocenters. The third-order valence-corrected chi connectivity index (χ3v) is 7.06. The van der Waals surface area contributed by atoms with Gasteiger partial charge in [0.2, 0.25) is 0 Å². The number of rotatable bonds is 10. The summed E-state index contributed by atoms with van der Waals surface area (Å²) >= 11 is 0. The van der Waals surface area contributed by atoms with Gasteiger partial charge in [-0.05, 0) is 36.7 Å². The van der Waals surface area contributed by atoms with Crippen LogP contribution in [0.15, 0.2) is 0 Å². The van der Waals surface area contributed by atoms with Crippen molar-refractivity contribution in [3.8, 4) is 0 Å². The molecule has 0 saturated heterocycles. The molecule has 0 aliphatic heterocycles. The topological polar surface area (TPSA) is 0 Å². The smallest absolute Gasteiger partial charge is 0.0240 e. The average molecular weight is 244 g/mol. The molecule has 0 fully saturated rings. The van der Waals surface area contributed by atoms with Crippen molar-refractivity contribution < 1.29 is 0 Å². The van der Waals surface area contributed by atoms with Crippen LogP contribution in [0, 0.1) is 5.92 Å². The van der Waals surface area contributed by atoms with E-state index in [1.807, 2.05) is 0 Å². The molecular formula is C15H33P. The quantitative estimate of drug-likeness (QED) is 0.332. The van der Waals surface area contributed by atoms with Crippen molar-refractivity contribution in [2.45, 2.75) is 78.8 Å². The van der Waals surface area contributed by atoms with Gasteiger partial charge in [0.15, 0.2) is 0 Å². The van der Waals surface area contributed by atoms with E-state index in [1.165, 1.54) is 50.8 Å². The van der Waals surface area contributed by atoms with Gasteiger partial charge in [-0.3, -0.25) is 0 Å². The van der Waals surface area contributed by atoms with Crippen molar-refractivity contribution in [2.24, 2.45) is 5.92 Å². The maximum atomic E-state index is 2.47. The maximum Gasteiger partial charge on any atom is -0.0240 e. The first-order valence-corrected chi connectivity index (χ1v) is 9.13. The van der Waals surface area contributed by atoms with Crippen LogP contribution in [0.2, 0.25) is 0 Å². The highest BCUT2D eigenvalue weighted by Gasteiger charge is 2.15. The Hall–Kier alpha value is 0.430. The van der Waals surface area contributed by atoms with Crippen LogP contribution in [-0.2, 0) is 0 Å². The molecule has 0 rings (SSSR count). The van der Waals surface area contributed by atoms with Gasteiger partial charge in [-0.2, -0.15) is 0 Å². The second-order valence-electron chi connectivity index (χ2n) is 5.56. The van der Waals surface area contributed by atoms with Crippen molar-refractivity contribution in [1.82, 2.24) is 0 Å². The van der Waals surface area contributed by atoms with Gasteiger partial charge < -0.3 is 0 Å². The molecule has 0 heterocycles. The first-order chi connectivity index (χ1) is 7.61. The molecule has 0 bridgehead atoms. The monoisotopic (exact) mass is 244 g/mol. The van der Waals surface area contributed by atoms with Crippen LogP contribution < -0.4 is 0 Å². The van der Waals surface area contributed by atoms with Crippen molar-refractivity contribution in [3.05, 3.63) is 0 Å². The van der Waals surface area contributed by atoms with E-state index in [0.717, 1.165) is 11.6 Å². The lowest BCUT2D eigenvalue weighted by atomic mass is 10.2. The molecule has 0 spiro atoms. The van der Waals surface area contributed by atoms with E-state index >= 15 is 0 Å². The first kappa shape index (κ1) is 16.4. The Kier molecular flexibility index (Phi) is 10.9. The van der Waals surface area contributed by atoms with Crippen LogP contribution in [-0.4, -0.2) is 18.0 Å². The highest BCUT2D eigenvalue weighted by Crippen LogP contribution is 2.45. The molecule has 0 radical (unpaired) electrons. The van der Waals surface area contributed by atoms with Gasteiger partial charge in [0.1, 0.15) is 0 Å². The van der Waals surface area contributed by atoms with Gasteiger partial charge in [0, 0.05) is 0 Å². The van der Waals surface area contributed by atoms with E-state index in [0.29, 0.717) is 7.92 Å². The van der Waals surface area contributed by atoms with Crippen LogP contribution in [0.1, 0.15) is 73.1 Å². The summed E-state index contributed by atoms with van der Waals surface area (Å²) < 4.78 is 0. The molecule has 98 valence electrons. The van der Waals surface area contributed by atoms with E-state index < -0.39 is 0 Å². The summed E-state index contributed by atoms with van der Waals surface area (Å²) in [4.78, 5) is 0. The minimum Gasteiger partial charge on any atom is -0.104 e. The van der Waals surface area contributed by atoms with E-state index in [4.69, 9.17) is 0 Å². The SMILES string of the molecule is CCCCCCCP(CC(C)C)C(C)CC. The van der Waals surface area contributed by atoms with Crippen molar-refractivity contribution in [1.29, 1.82) is 0 Å². The Balaban J connectivity index is 3.74. The Morgan fingerprint density at radius 1 is 0.875 bits per heavy atom. The highest BCUT2D eigenvalue weighted by molar-refractivity contribution is 7.58. The zero-order valence-electron chi connectivity index (χ0n) is 12.3. The Bertz CT molecular complexity index is 142. The molecule has 16 heavy (non-hydrogen) atoms. The fraction of sp³-hybridized carbons (Fsp3) is 1.00. The standard InChI is InChI=1S/C15H33P/c1-6-8-9-10-11-12-16(13-14(3)4)15(5)7-2/h14-15H,6-13H2,1-5H3. The molecule has 0 saturated carbocycles. The van der Waals surface area contributed by atoms with Gasteiger partial charge in [-0.1, -0.05) is 60.3 Å². The lowest BCUT2D eigenvalue weighted by Crippen LogP contribution is -2.08.